The number of amides is 1. The van der Waals surface area contributed by atoms with E-state index in [0.29, 0.717) is 22.4 Å². The zero-order valence-corrected chi connectivity index (χ0v) is 17.4. The van der Waals surface area contributed by atoms with Crippen LogP contribution < -0.4 is 5.32 Å². The smallest absolute Gasteiger partial charge is 0.257 e. The second kappa shape index (κ2) is 8.24. The summed E-state index contributed by atoms with van der Waals surface area (Å²) in [6, 6.07) is 22.0. The number of rotatable bonds is 5. The SMILES string of the molecule is O=C(c1ccccc1)c1ccc(NC(=O)c2ccn3c2CSC3c2cccnc2)cc1. The van der Waals surface area contributed by atoms with E-state index < -0.39 is 0 Å². The number of benzene rings is 2. The molecular formula is C25H19N3O2S. The number of aromatic nitrogens is 2. The molecule has 3 heterocycles. The molecule has 4 aromatic rings. The van der Waals surface area contributed by atoms with Crippen molar-refractivity contribution in [1.29, 1.82) is 0 Å². The summed E-state index contributed by atoms with van der Waals surface area (Å²) >= 11 is 1.78. The van der Waals surface area contributed by atoms with Crippen molar-refractivity contribution >= 4 is 29.1 Å². The fourth-order valence-corrected chi connectivity index (χ4v) is 5.05. The summed E-state index contributed by atoms with van der Waals surface area (Å²) < 4.78 is 2.14. The maximum atomic E-state index is 12.9. The number of nitrogens with zero attached hydrogens (tertiary/aromatic N) is 2. The lowest BCUT2D eigenvalue weighted by atomic mass is 10.0. The molecule has 1 unspecified atom stereocenters. The van der Waals surface area contributed by atoms with Crippen LogP contribution in [0.2, 0.25) is 0 Å². The third kappa shape index (κ3) is 3.78. The number of nitrogens with one attached hydrogen (secondary N) is 1. The molecule has 0 saturated heterocycles. The van der Waals surface area contributed by atoms with E-state index in [2.05, 4.69) is 20.9 Å². The highest BCUT2D eigenvalue weighted by Gasteiger charge is 2.28. The van der Waals surface area contributed by atoms with Crippen LogP contribution in [0.1, 0.15) is 42.9 Å². The van der Waals surface area contributed by atoms with Crippen LogP contribution in [-0.2, 0) is 5.75 Å². The Morgan fingerprint density at radius 1 is 0.935 bits per heavy atom. The average Bonchev–Trinajstić information content (AvgIpc) is 3.43. The van der Waals surface area contributed by atoms with E-state index in [9.17, 15) is 9.59 Å². The molecule has 0 radical (unpaired) electrons. The first-order valence-corrected chi connectivity index (χ1v) is 11.0. The van der Waals surface area contributed by atoms with Crippen LogP contribution in [-0.4, -0.2) is 21.2 Å². The average molecular weight is 426 g/mol. The third-order valence-electron chi connectivity index (χ3n) is 5.31. The molecule has 31 heavy (non-hydrogen) atoms. The van der Waals surface area contributed by atoms with Crippen molar-refractivity contribution in [3.63, 3.8) is 0 Å². The van der Waals surface area contributed by atoms with Crippen molar-refractivity contribution in [2.24, 2.45) is 0 Å². The van der Waals surface area contributed by atoms with Crippen LogP contribution in [0.5, 0.6) is 0 Å². The summed E-state index contributed by atoms with van der Waals surface area (Å²) in [5.74, 6) is 0.574. The Bertz CT molecular complexity index is 1240. The number of hydrogen-bond donors (Lipinski definition) is 1. The Balaban J connectivity index is 1.31. The van der Waals surface area contributed by atoms with Gasteiger partial charge in [-0.1, -0.05) is 36.4 Å². The summed E-state index contributed by atoms with van der Waals surface area (Å²) in [6.45, 7) is 0. The van der Waals surface area contributed by atoms with Gasteiger partial charge in [0.15, 0.2) is 5.78 Å². The summed E-state index contributed by atoms with van der Waals surface area (Å²) in [4.78, 5) is 29.7. The number of carbonyl (C=O) groups excluding carboxylic acids is 2. The highest BCUT2D eigenvalue weighted by atomic mass is 32.2. The number of fused-ring (bicyclic) bond motifs is 1. The summed E-state index contributed by atoms with van der Waals surface area (Å²) in [7, 11) is 0. The van der Waals surface area contributed by atoms with Gasteiger partial charge in [-0.2, -0.15) is 0 Å². The molecule has 0 spiro atoms. The molecule has 0 saturated carbocycles. The third-order valence-corrected chi connectivity index (χ3v) is 6.57. The van der Waals surface area contributed by atoms with Gasteiger partial charge in [0, 0.05) is 52.4 Å². The van der Waals surface area contributed by atoms with E-state index in [-0.39, 0.29) is 17.1 Å². The Kier molecular flexibility index (Phi) is 5.14. The number of anilines is 1. The molecule has 6 heteroatoms. The lowest BCUT2D eigenvalue weighted by Crippen LogP contribution is -2.13. The predicted octanol–water partition coefficient (Wildman–Crippen LogP) is 5.16. The van der Waals surface area contributed by atoms with Crippen LogP contribution in [0.15, 0.2) is 91.4 Å². The quantitative estimate of drug-likeness (QED) is 0.449. The van der Waals surface area contributed by atoms with Gasteiger partial charge in [-0.3, -0.25) is 14.6 Å². The van der Waals surface area contributed by atoms with Crippen LogP contribution in [0.3, 0.4) is 0 Å². The highest BCUT2D eigenvalue weighted by molar-refractivity contribution is 7.99. The molecule has 0 bridgehead atoms. The molecule has 1 aliphatic heterocycles. The van der Waals surface area contributed by atoms with Gasteiger partial charge in [0.25, 0.3) is 5.91 Å². The largest absolute Gasteiger partial charge is 0.333 e. The Labute approximate surface area is 184 Å². The van der Waals surface area contributed by atoms with Crippen LogP contribution in [0, 0.1) is 0 Å². The zero-order valence-electron chi connectivity index (χ0n) is 16.6. The number of carbonyl (C=O) groups is 2. The predicted molar refractivity (Wildman–Crippen MR) is 122 cm³/mol. The van der Waals surface area contributed by atoms with E-state index >= 15 is 0 Å². The minimum Gasteiger partial charge on any atom is -0.333 e. The van der Waals surface area contributed by atoms with Gasteiger partial charge in [0.1, 0.15) is 5.37 Å². The van der Waals surface area contributed by atoms with Crippen molar-refractivity contribution in [2.75, 3.05) is 5.32 Å². The van der Waals surface area contributed by atoms with Gasteiger partial charge in [-0.15, -0.1) is 11.8 Å². The van der Waals surface area contributed by atoms with Crippen molar-refractivity contribution in [3.05, 3.63) is 119 Å². The van der Waals surface area contributed by atoms with Crippen LogP contribution >= 0.6 is 11.8 Å². The molecule has 1 N–H and O–H groups in total. The second-order valence-corrected chi connectivity index (χ2v) is 8.33. The molecule has 1 aliphatic rings. The van der Waals surface area contributed by atoms with E-state index in [1.807, 2.05) is 42.7 Å². The molecular weight excluding hydrogens is 406 g/mol. The monoisotopic (exact) mass is 425 g/mol. The second-order valence-electron chi connectivity index (χ2n) is 7.26. The lowest BCUT2D eigenvalue weighted by Gasteiger charge is -2.12. The molecule has 2 aromatic heterocycles. The Hall–Kier alpha value is -3.64. The topological polar surface area (TPSA) is 64.0 Å². The maximum absolute atomic E-state index is 12.9. The molecule has 0 aliphatic carbocycles. The van der Waals surface area contributed by atoms with Gasteiger partial charge in [0.2, 0.25) is 0 Å². The van der Waals surface area contributed by atoms with Crippen LogP contribution in [0.25, 0.3) is 0 Å². The number of hydrogen-bond acceptors (Lipinski definition) is 4. The minimum atomic E-state index is -0.150. The number of thioether (sulfide) groups is 1. The van der Waals surface area contributed by atoms with Crippen molar-refractivity contribution in [1.82, 2.24) is 9.55 Å². The first-order valence-electron chi connectivity index (χ1n) is 9.93. The standard InChI is InChI=1S/C25H19N3O2S/c29-23(17-5-2-1-3-6-17)18-8-10-20(11-9-18)27-24(30)21-12-14-28-22(21)16-31-25(28)19-7-4-13-26-15-19/h1-15,25H,16H2,(H,27,30). The van der Waals surface area contributed by atoms with Gasteiger partial charge >= 0.3 is 0 Å². The maximum Gasteiger partial charge on any atom is 0.257 e. The molecule has 5 nitrogen and oxygen atoms in total. The number of pyridine rings is 1. The molecule has 0 fully saturated rings. The van der Waals surface area contributed by atoms with E-state index in [1.165, 1.54) is 0 Å². The number of ketones is 1. The van der Waals surface area contributed by atoms with Gasteiger partial charge in [0.05, 0.1) is 5.56 Å². The highest BCUT2D eigenvalue weighted by Crippen LogP contribution is 2.41. The van der Waals surface area contributed by atoms with E-state index in [0.717, 1.165) is 17.0 Å². The van der Waals surface area contributed by atoms with Crippen molar-refractivity contribution in [2.45, 2.75) is 11.1 Å². The van der Waals surface area contributed by atoms with Gasteiger partial charge in [-0.05, 0) is 36.4 Å². The van der Waals surface area contributed by atoms with E-state index in [4.69, 9.17) is 0 Å². The lowest BCUT2D eigenvalue weighted by molar-refractivity contribution is 0.102. The van der Waals surface area contributed by atoms with Crippen molar-refractivity contribution < 1.29 is 9.59 Å². The van der Waals surface area contributed by atoms with Gasteiger partial charge in [-0.25, -0.2) is 0 Å². The molecule has 1 atom stereocenters. The van der Waals surface area contributed by atoms with E-state index in [1.54, 1.807) is 54.4 Å². The molecule has 5 rings (SSSR count). The summed E-state index contributed by atoms with van der Waals surface area (Å²) in [5, 5.41) is 3.08. The Morgan fingerprint density at radius 3 is 2.45 bits per heavy atom. The summed E-state index contributed by atoms with van der Waals surface area (Å²) in [6.07, 6.45) is 5.59. The minimum absolute atomic E-state index is 0.0396. The molecule has 152 valence electrons. The molecule has 2 aromatic carbocycles. The fourth-order valence-electron chi connectivity index (χ4n) is 3.74. The first-order chi connectivity index (χ1) is 15.2. The van der Waals surface area contributed by atoms with Crippen molar-refractivity contribution in [3.8, 4) is 0 Å². The van der Waals surface area contributed by atoms with Crippen LogP contribution in [0.4, 0.5) is 5.69 Å². The Morgan fingerprint density at radius 2 is 1.71 bits per heavy atom. The zero-order chi connectivity index (χ0) is 21.2. The fraction of sp³-hybridized carbons (Fsp3) is 0.0800. The van der Waals surface area contributed by atoms with Gasteiger partial charge < -0.3 is 9.88 Å². The first kappa shape index (κ1) is 19.3. The normalized spacial score (nSPS) is 14.8. The summed E-state index contributed by atoms with van der Waals surface area (Å²) in [5.41, 5.74) is 4.68. The molecule has 1 amide bonds.